The highest BCUT2D eigenvalue weighted by molar-refractivity contribution is 5.86. The molecule has 7 heteroatoms. The Kier molecular flexibility index (Phi) is 4.19. The Morgan fingerprint density at radius 2 is 2.18 bits per heavy atom. The number of rotatable bonds is 5. The lowest BCUT2D eigenvalue weighted by molar-refractivity contribution is -0.152. The highest BCUT2D eigenvalue weighted by Crippen LogP contribution is 2.15. The fourth-order valence-electron chi connectivity index (χ4n) is 1.38. The van der Waals surface area contributed by atoms with Crippen molar-refractivity contribution in [3.8, 4) is 0 Å². The standard InChI is InChI=1S/C10H15N3O4/c1-4-7(10(16)17-6(2)3)13-8(9(14)15)5-11-12-13/h5-7H,4H2,1-3H3,(H,14,15). The summed E-state index contributed by atoms with van der Waals surface area (Å²) >= 11 is 0. The number of carboxylic acid groups (broad SMARTS) is 1. The number of carboxylic acids is 1. The van der Waals surface area contributed by atoms with E-state index in [0.29, 0.717) is 6.42 Å². The van der Waals surface area contributed by atoms with E-state index in [0.717, 1.165) is 10.9 Å². The van der Waals surface area contributed by atoms with Crippen molar-refractivity contribution < 1.29 is 19.4 Å². The third-order valence-electron chi connectivity index (χ3n) is 2.10. The van der Waals surface area contributed by atoms with E-state index in [1.165, 1.54) is 0 Å². The van der Waals surface area contributed by atoms with E-state index in [-0.39, 0.29) is 11.8 Å². The molecule has 0 aromatic carbocycles. The SMILES string of the molecule is CCC(C(=O)OC(C)C)n1nncc1C(=O)O. The predicted molar refractivity (Wildman–Crippen MR) is 57.5 cm³/mol. The third-order valence-corrected chi connectivity index (χ3v) is 2.10. The van der Waals surface area contributed by atoms with Crippen molar-refractivity contribution in [3.63, 3.8) is 0 Å². The molecule has 0 radical (unpaired) electrons. The summed E-state index contributed by atoms with van der Waals surface area (Å²) in [5.74, 6) is -1.68. The minimum Gasteiger partial charge on any atom is -0.476 e. The van der Waals surface area contributed by atoms with E-state index < -0.39 is 18.0 Å². The molecule has 0 aliphatic rings. The van der Waals surface area contributed by atoms with Gasteiger partial charge in [0.15, 0.2) is 11.7 Å². The van der Waals surface area contributed by atoms with E-state index in [1.807, 2.05) is 0 Å². The Morgan fingerprint density at radius 3 is 2.65 bits per heavy atom. The molecule has 1 aromatic heterocycles. The molecule has 0 spiro atoms. The van der Waals surface area contributed by atoms with Crippen LogP contribution < -0.4 is 0 Å². The van der Waals surface area contributed by atoms with Crippen LogP contribution in [0.1, 0.15) is 43.7 Å². The van der Waals surface area contributed by atoms with Crippen LogP contribution >= 0.6 is 0 Å². The summed E-state index contributed by atoms with van der Waals surface area (Å²) in [6.45, 7) is 5.20. The van der Waals surface area contributed by atoms with Crippen LogP contribution in [0.2, 0.25) is 0 Å². The number of aromatic nitrogens is 3. The molecule has 1 rings (SSSR count). The molecular weight excluding hydrogens is 226 g/mol. The van der Waals surface area contributed by atoms with Gasteiger partial charge in [-0.3, -0.25) is 0 Å². The molecule has 1 unspecified atom stereocenters. The molecule has 0 saturated heterocycles. The quantitative estimate of drug-likeness (QED) is 0.769. The van der Waals surface area contributed by atoms with Gasteiger partial charge in [0.1, 0.15) is 0 Å². The molecule has 1 heterocycles. The highest BCUT2D eigenvalue weighted by Gasteiger charge is 2.26. The molecule has 1 atom stereocenters. The fraction of sp³-hybridized carbons (Fsp3) is 0.600. The molecule has 17 heavy (non-hydrogen) atoms. The minimum absolute atomic E-state index is 0.127. The van der Waals surface area contributed by atoms with Crippen molar-refractivity contribution in [2.24, 2.45) is 0 Å². The van der Waals surface area contributed by atoms with Crippen LogP contribution in [0, 0.1) is 0 Å². The Balaban J connectivity index is 2.97. The third kappa shape index (κ3) is 3.02. The van der Waals surface area contributed by atoms with Crippen LogP contribution in [0.3, 0.4) is 0 Å². The number of ether oxygens (including phenoxy) is 1. The first-order valence-corrected chi connectivity index (χ1v) is 5.31. The monoisotopic (exact) mass is 241 g/mol. The zero-order valence-corrected chi connectivity index (χ0v) is 9.95. The maximum absolute atomic E-state index is 11.8. The van der Waals surface area contributed by atoms with E-state index >= 15 is 0 Å². The minimum atomic E-state index is -1.18. The number of hydrogen-bond donors (Lipinski definition) is 1. The molecule has 7 nitrogen and oxygen atoms in total. The Bertz CT molecular complexity index is 413. The second kappa shape index (κ2) is 5.42. The van der Waals surface area contributed by atoms with Gasteiger partial charge in [-0.05, 0) is 20.3 Å². The lowest BCUT2D eigenvalue weighted by Crippen LogP contribution is -2.27. The van der Waals surface area contributed by atoms with Crippen molar-refractivity contribution >= 4 is 11.9 Å². The number of aromatic carboxylic acids is 1. The van der Waals surface area contributed by atoms with E-state index in [2.05, 4.69) is 10.3 Å². The average molecular weight is 241 g/mol. The Hall–Kier alpha value is -1.92. The first kappa shape index (κ1) is 13.1. The summed E-state index contributed by atoms with van der Waals surface area (Å²) in [7, 11) is 0. The predicted octanol–water partition coefficient (Wildman–Crippen LogP) is 0.879. The van der Waals surface area contributed by atoms with Gasteiger partial charge in [-0.25, -0.2) is 14.3 Å². The first-order chi connectivity index (χ1) is 7.97. The zero-order chi connectivity index (χ0) is 13.0. The Morgan fingerprint density at radius 1 is 1.53 bits per heavy atom. The number of hydrogen-bond acceptors (Lipinski definition) is 5. The van der Waals surface area contributed by atoms with Crippen molar-refractivity contribution in [2.75, 3.05) is 0 Å². The van der Waals surface area contributed by atoms with E-state index in [9.17, 15) is 9.59 Å². The van der Waals surface area contributed by atoms with Crippen LogP contribution in [-0.2, 0) is 9.53 Å². The van der Waals surface area contributed by atoms with Gasteiger partial charge >= 0.3 is 11.9 Å². The molecule has 0 saturated carbocycles. The van der Waals surface area contributed by atoms with Gasteiger partial charge in [0, 0.05) is 0 Å². The summed E-state index contributed by atoms with van der Waals surface area (Å²) in [4.78, 5) is 22.6. The molecule has 0 aliphatic heterocycles. The van der Waals surface area contributed by atoms with Gasteiger partial charge in [0.25, 0.3) is 0 Å². The van der Waals surface area contributed by atoms with Crippen LogP contribution in [0.15, 0.2) is 6.20 Å². The first-order valence-electron chi connectivity index (χ1n) is 5.31. The Labute approximate surface area is 98.4 Å². The van der Waals surface area contributed by atoms with Crippen LogP contribution in [0.4, 0.5) is 0 Å². The van der Waals surface area contributed by atoms with Crippen LogP contribution in [0.5, 0.6) is 0 Å². The molecule has 0 aliphatic carbocycles. The summed E-state index contributed by atoms with van der Waals surface area (Å²) < 4.78 is 6.12. The second-order valence-corrected chi connectivity index (χ2v) is 3.78. The molecule has 0 fully saturated rings. The summed E-state index contributed by atoms with van der Waals surface area (Å²) in [5.41, 5.74) is -0.127. The average Bonchev–Trinajstić information content (AvgIpc) is 2.66. The largest absolute Gasteiger partial charge is 0.476 e. The van der Waals surface area contributed by atoms with Crippen LogP contribution in [-0.4, -0.2) is 38.1 Å². The lowest BCUT2D eigenvalue weighted by atomic mass is 10.2. The molecule has 94 valence electrons. The zero-order valence-electron chi connectivity index (χ0n) is 9.95. The maximum atomic E-state index is 11.8. The summed E-state index contributed by atoms with van der Waals surface area (Å²) in [5, 5.41) is 16.0. The van der Waals surface area contributed by atoms with Gasteiger partial charge < -0.3 is 9.84 Å². The van der Waals surface area contributed by atoms with Crippen molar-refractivity contribution in [1.29, 1.82) is 0 Å². The molecule has 1 aromatic rings. The van der Waals surface area contributed by atoms with Gasteiger partial charge in [0.05, 0.1) is 12.3 Å². The van der Waals surface area contributed by atoms with Crippen molar-refractivity contribution in [3.05, 3.63) is 11.9 Å². The number of nitrogens with zero attached hydrogens (tertiary/aromatic N) is 3. The second-order valence-electron chi connectivity index (χ2n) is 3.78. The van der Waals surface area contributed by atoms with Crippen LogP contribution in [0.25, 0.3) is 0 Å². The molecule has 0 amide bonds. The van der Waals surface area contributed by atoms with E-state index in [1.54, 1.807) is 20.8 Å². The summed E-state index contributed by atoms with van der Waals surface area (Å²) in [6, 6.07) is -0.758. The van der Waals surface area contributed by atoms with E-state index in [4.69, 9.17) is 9.84 Å². The van der Waals surface area contributed by atoms with Gasteiger partial charge in [0.2, 0.25) is 0 Å². The van der Waals surface area contributed by atoms with Crippen molar-refractivity contribution in [1.82, 2.24) is 15.0 Å². The number of carbonyl (C=O) groups is 2. The highest BCUT2D eigenvalue weighted by atomic mass is 16.5. The molecular formula is C10H15N3O4. The molecule has 0 bridgehead atoms. The van der Waals surface area contributed by atoms with Gasteiger partial charge in [-0.1, -0.05) is 12.1 Å². The van der Waals surface area contributed by atoms with Gasteiger partial charge in [-0.15, -0.1) is 5.10 Å². The maximum Gasteiger partial charge on any atom is 0.355 e. The topological polar surface area (TPSA) is 94.3 Å². The normalized spacial score (nSPS) is 12.5. The fourth-order valence-corrected chi connectivity index (χ4v) is 1.38. The smallest absolute Gasteiger partial charge is 0.355 e. The lowest BCUT2D eigenvalue weighted by Gasteiger charge is -2.16. The van der Waals surface area contributed by atoms with Gasteiger partial charge in [-0.2, -0.15) is 0 Å². The number of esters is 1. The number of carbonyl (C=O) groups excluding carboxylic acids is 1. The van der Waals surface area contributed by atoms with Crippen molar-refractivity contribution in [2.45, 2.75) is 39.3 Å². The summed E-state index contributed by atoms with van der Waals surface area (Å²) in [6.07, 6.45) is 1.23. The molecule has 1 N–H and O–H groups in total.